The van der Waals surface area contributed by atoms with Crippen LogP contribution in [0.25, 0.3) is 11.4 Å². The van der Waals surface area contributed by atoms with E-state index in [9.17, 15) is 0 Å². The highest BCUT2D eigenvalue weighted by atomic mass is 16.5. The Kier molecular flexibility index (Phi) is 4.47. The maximum atomic E-state index is 5.15. The van der Waals surface area contributed by atoms with E-state index in [0.717, 1.165) is 41.6 Å². The molecule has 0 spiro atoms. The summed E-state index contributed by atoms with van der Waals surface area (Å²) < 4.78 is 5.15. The zero-order chi connectivity index (χ0) is 13.7. The molecule has 1 aromatic carbocycles. The van der Waals surface area contributed by atoms with E-state index in [4.69, 9.17) is 4.74 Å². The summed E-state index contributed by atoms with van der Waals surface area (Å²) >= 11 is 0. The van der Waals surface area contributed by atoms with Crippen molar-refractivity contribution in [2.75, 3.05) is 13.7 Å². The van der Waals surface area contributed by atoms with E-state index in [2.05, 4.69) is 22.2 Å². The van der Waals surface area contributed by atoms with E-state index in [1.807, 2.05) is 37.3 Å². The summed E-state index contributed by atoms with van der Waals surface area (Å²) in [5, 5.41) is 3.28. The lowest BCUT2D eigenvalue weighted by molar-refractivity contribution is 0.415. The molecule has 0 atom stereocenters. The van der Waals surface area contributed by atoms with Crippen molar-refractivity contribution < 1.29 is 4.74 Å². The molecule has 0 aliphatic rings. The Bertz CT molecular complexity index is 538. The van der Waals surface area contributed by atoms with Crippen LogP contribution in [0, 0.1) is 6.92 Å². The zero-order valence-electron chi connectivity index (χ0n) is 11.6. The molecule has 2 aromatic rings. The molecule has 0 saturated heterocycles. The van der Waals surface area contributed by atoms with Crippen molar-refractivity contribution >= 4 is 0 Å². The van der Waals surface area contributed by atoms with Gasteiger partial charge in [-0.15, -0.1) is 0 Å². The Labute approximate surface area is 113 Å². The first-order chi connectivity index (χ1) is 9.22. The summed E-state index contributed by atoms with van der Waals surface area (Å²) in [4.78, 5) is 9.07. The fraction of sp³-hybridized carbons (Fsp3) is 0.333. The van der Waals surface area contributed by atoms with Gasteiger partial charge in [0.25, 0.3) is 0 Å². The summed E-state index contributed by atoms with van der Waals surface area (Å²) in [5.74, 6) is 1.60. The number of hydrogen-bond donors (Lipinski definition) is 1. The summed E-state index contributed by atoms with van der Waals surface area (Å²) in [5.41, 5.74) is 3.00. The van der Waals surface area contributed by atoms with Gasteiger partial charge in [0.1, 0.15) is 5.75 Å². The fourth-order valence-electron chi connectivity index (χ4n) is 1.85. The number of aromatic nitrogens is 2. The van der Waals surface area contributed by atoms with Crippen molar-refractivity contribution in [3.63, 3.8) is 0 Å². The van der Waals surface area contributed by atoms with Crippen LogP contribution in [0.2, 0.25) is 0 Å². The van der Waals surface area contributed by atoms with Crippen LogP contribution in [-0.4, -0.2) is 23.6 Å². The second kappa shape index (κ2) is 6.29. The molecular formula is C15H19N3O. The van der Waals surface area contributed by atoms with Gasteiger partial charge >= 0.3 is 0 Å². The SMILES string of the molecule is CCNCc1cc(C)nc(-c2ccc(OC)cc2)n1. The molecule has 4 nitrogen and oxygen atoms in total. The number of rotatable bonds is 5. The number of hydrogen-bond acceptors (Lipinski definition) is 4. The number of methoxy groups -OCH3 is 1. The van der Waals surface area contributed by atoms with E-state index >= 15 is 0 Å². The van der Waals surface area contributed by atoms with Crippen LogP contribution in [0.15, 0.2) is 30.3 Å². The van der Waals surface area contributed by atoms with Gasteiger partial charge in [-0.1, -0.05) is 6.92 Å². The first kappa shape index (κ1) is 13.5. The van der Waals surface area contributed by atoms with E-state index in [-0.39, 0.29) is 0 Å². The Balaban J connectivity index is 2.29. The highest BCUT2D eigenvalue weighted by Gasteiger charge is 2.05. The smallest absolute Gasteiger partial charge is 0.159 e. The van der Waals surface area contributed by atoms with E-state index < -0.39 is 0 Å². The van der Waals surface area contributed by atoms with Gasteiger partial charge in [0, 0.05) is 17.8 Å². The second-order valence-electron chi connectivity index (χ2n) is 4.33. The molecule has 1 heterocycles. The normalized spacial score (nSPS) is 10.5. The lowest BCUT2D eigenvalue weighted by Crippen LogP contribution is -2.13. The first-order valence-electron chi connectivity index (χ1n) is 6.42. The topological polar surface area (TPSA) is 47.0 Å². The second-order valence-corrected chi connectivity index (χ2v) is 4.33. The van der Waals surface area contributed by atoms with Gasteiger partial charge in [0.15, 0.2) is 5.82 Å². The number of ether oxygens (including phenoxy) is 1. The highest BCUT2D eigenvalue weighted by Crippen LogP contribution is 2.19. The lowest BCUT2D eigenvalue weighted by atomic mass is 10.2. The van der Waals surface area contributed by atoms with Gasteiger partial charge in [-0.2, -0.15) is 0 Å². The van der Waals surface area contributed by atoms with Crippen LogP contribution < -0.4 is 10.1 Å². The van der Waals surface area contributed by atoms with Crippen molar-refractivity contribution in [1.82, 2.24) is 15.3 Å². The maximum Gasteiger partial charge on any atom is 0.159 e. The molecule has 100 valence electrons. The van der Waals surface area contributed by atoms with Crippen LogP contribution in [0.3, 0.4) is 0 Å². The highest BCUT2D eigenvalue weighted by molar-refractivity contribution is 5.56. The third-order valence-corrected chi connectivity index (χ3v) is 2.81. The molecule has 0 aliphatic heterocycles. The van der Waals surface area contributed by atoms with Crippen molar-refractivity contribution in [1.29, 1.82) is 0 Å². The molecule has 0 fully saturated rings. The monoisotopic (exact) mass is 257 g/mol. The molecule has 0 aliphatic carbocycles. The van der Waals surface area contributed by atoms with Gasteiger partial charge in [0.05, 0.1) is 12.8 Å². The van der Waals surface area contributed by atoms with Crippen molar-refractivity contribution in [2.24, 2.45) is 0 Å². The van der Waals surface area contributed by atoms with Gasteiger partial charge < -0.3 is 10.1 Å². The average Bonchev–Trinajstić information content (AvgIpc) is 2.44. The Morgan fingerprint density at radius 1 is 1.16 bits per heavy atom. The van der Waals surface area contributed by atoms with Crippen molar-refractivity contribution in [3.8, 4) is 17.1 Å². The molecule has 1 N–H and O–H groups in total. The largest absolute Gasteiger partial charge is 0.497 e. The third-order valence-electron chi connectivity index (χ3n) is 2.81. The minimum absolute atomic E-state index is 0.760. The van der Waals surface area contributed by atoms with Gasteiger partial charge in [0.2, 0.25) is 0 Å². The van der Waals surface area contributed by atoms with Crippen LogP contribution in [0.4, 0.5) is 0 Å². The molecule has 1 aromatic heterocycles. The molecule has 0 amide bonds. The Hall–Kier alpha value is -1.94. The van der Waals surface area contributed by atoms with Crippen LogP contribution in [0.5, 0.6) is 5.75 Å². The van der Waals surface area contributed by atoms with Crippen LogP contribution >= 0.6 is 0 Å². The average molecular weight is 257 g/mol. The maximum absolute atomic E-state index is 5.15. The molecule has 0 radical (unpaired) electrons. The summed E-state index contributed by atoms with van der Waals surface area (Å²) in [6.07, 6.45) is 0. The molecule has 0 unspecified atom stereocenters. The van der Waals surface area contributed by atoms with Crippen LogP contribution in [-0.2, 0) is 6.54 Å². The molecule has 0 bridgehead atoms. The Morgan fingerprint density at radius 3 is 2.53 bits per heavy atom. The summed E-state index contributed by atoms with van der Waals surface area (Å²) in [7, 11) is 1.66. The Morgan fingerprint density at radius 2 is 1.89 bits per heavy atom. The molecule has 2 rings (SSSR count). The quantitative estimate of drug-likeness (QED) is 0.894. The van der Waals surface area contributed by atoms with Crippen molar-refractivity contribution in [3.05, 3.63) is 41.7 Å². The minimum atomic E-state index is 0.760. The predicted octanol–water partition coefficient (Wildman–Crippen LogP) is 2.57. The van der Waals surface area contributed by atoms with E-state index in [1.54, 1.807) is 7.11 Å². The standard InChI is InChI=1S/C15H19N3O/c1-4-16-10-13-9-11(2)17-15(18-13)12-5-7-14(19-3)8-6-12/h5-9,16H,4,10H2,1-3H3. The number of nitrogens with one attached hydrogen (secondary N) is 1. The summed E-state index contributed by atoms with van der Waals surface area (Å²) in [6, 6.07) is 9.81. The zero-order valence-corrected chi connectivity index (χ0v) is 11.6. The third kappa shape index (κ3) is 3.51. The van der Waals surface area contributed by atoms with Gasteiger partial charge in [-0.05, 0) is 43.8 Å². The number of nitrogens with zero attached hydrogens (tertiary/aromatic N) is 2. The summed E-state index contributed by atoms with van der Waals surface area (Å²) in [6.45, 7) is 5.77. The van der Waals surface area contributed by atoms with Crippen molar-refractivity contribution in [2.45, 2.75) is 20.4 Å². The molecular weight excluding hydrogens is 238 g/mol. The van der Waals surface area contributed by atoms with Crippen LogP contribution in [0.1, 0.15) is 18.3 Å². The molecule has 0 saturated carbocycles. The lowest BCUT2D eigenvalue weighted by Gasteiger charge is -2.07. The number of benzene rings is 1. The van der Waals surface area contributed by atoms with E-state index in [0.29, 0.717) is 0 Å². The van der Waals surface area contributed by atoms with Gasteiger partial charge in [-0.3, -0.25) is 0 Å². The fourth-order valence-corrected chi connectivity index (χ4v) is 1.85. The molecule has 19 heavy (non-hydrogen) atoms. The predicted molar refractivity (Wildman–Crippen MR) is 76.1 cm³/mol. The van der Waals surface area contributed by atoms with Gasteiger partial charge in [-0.25, -0.2) is 9.97 Å². The number of aryl methyl sites for hydroxylation is 1. The van der Waals surface area contributed by atoms with E-state index in [1.165, 1.54) is 0 Å². The molecule has 4 heteroatoms. The first-order valence-corrected chi connectivity index (χ1v) is 6.42. The minimum Gasteiger partial charge on any atom is -0.497 e.